The van der Waals surface area contributed by atoms with Crippen molar-refractivity contribution in [3.05, 3.63) is 42.6 Å². The highest BCUT2D eigenvalue weighted by Crippen LogP contribution is 2.46. The molecule has 0 saturated carbocycles. The van der Waals surface area contributed by atoms with Gasteiger partial charge < -0.3 is 22.2 Å². The van der Waals surface area contributed by atoms with Crippen LogP contribution in [0.3, 0.4) is 0 Å². The average Bonchev–Trinajstić information content (AvgIpc) is 2.59. The Labute approximate surface area is 155 Å². The molecule has 1 unspecified atom stereocenters. The summed E-state index contributed by atoms with van der Waals surface area (Å²) < 4.78 is 0. The lowest BCUT2D eigenvalue weighted by Crippen LogP contribution is -3.12. The van der Waals surface area contributed by atoms with Crippen LogP contribution in [0.4, 0.5) is 11.5 Å². The van der Waals surface area contributed by atoms with E-state index in [0.717, 1.165) is 12.4 Å². The molecular weight excluding hydrogens is 338 g/mol. The molecule has 1 N–H and O–H groups in total. The van der Waals surface area contributed by atoms with E-state index in [1.165, 1.54) is 35.1 Å². The number of pyridine rings is 1. The fourth-order valence-electron chi connectivity index (χ4n) is 3.26. The first-order valence-corrected chi connectivity index (χ1v) is 9.37. The Balaban J connectivity index is 0.00000208. The van der Waals surface area contributed by atoms with Gasteiger partial charge in [0.05, 0.1) is 30.2 Å². The number of hydrogen-bond donors (Lipinski definition) is 1. The van der Waals surface area contributed by atoms with Gasteiger partial charge in [-0.05, 0) is 38.1 Å². The molecule has 0 saturated heterocycles. The predicted molar refractivity (Wildman–Crippen MR) is 97.9 cm³/mol. The Hall–Kier alpha value is -1.23. The minimum atomic E-state index is 0. The molecule has 130 valence electrons. The Morgan fingerprint density at radius 2 is 1.79 bits per heavy atom. The zero-order valence-electron chi connectivity index (χ0n) is 14.6. The number of quaternary nitrogens is 1. The summed E-state index contributed by atoms with van der Waals surface area (Å²) in [5.74, 6) is 1.73. The first-order chi connectivity index (χ1) is 11.2. The van der Waals surface area contributed by atoms with Crippen molar-refractivity contribution in [2.24, 2.45) is 5.92 Å². The van der Waals surface area contributed by atoms with Crippen LogP contribution in [0.5, 0.6) is 0 Å². The molecular formula is C19H26ClN3S. The molecule has 0 aliphatic carbocycles. The second-order valence-electron chi connectivity index (χ2n) is 6.27. The number of anilines is 2. The van der Waals surface area contributed by atoms with Gasteiger partial charge in [0.2, 0.25) is 0 Å². The van der Waals surface area contributed by atoms with Gasteiger partial charge in [0.25, 0.3) is 0 Å². The number of nitrogens with zero attached hydrogens (tertiary/aromatic N) is 2. The van der Waals surface area contributed by atoms with Gasteiger partial charge in [0.1, 0.15) is 5.82 Å². The Bertz CT molecular complexity index is 615. The van der Waals surface area contributed by atoms with Crippen molar-refractivity contribution in [3.8, 4) is 0 Å². The summed E-state index contributed by atoms with van der Waals surface area (Å²) in [6, 6.07) is 12.9. The molecule has 1 aliphatic rings. The molecule has 3 nitrogen and oxygen atoms in total. The summed E-state index contributed by atoms with van der Waals surface area (Å²) in [4.78, 5) is 11.3. The van der Waals surface area contributed by atoms with E-state index in [-0.39, 0.29) is 12.4 Å². The third-order valence-corrected chi connectivity index (χ3v) is 5.62. The summed E-state index contributed by atoms with van der Waals surface area (Å²) >= 11 is 1.83. The molecule has 3 rings (SSSR count). The van der Waals surface area contributed by atoms with Gasteiger partial charge in [0, 0.05) is 23.6 Å². The van der Waals surface area contributed by atoms with E-state index >= 15 is 0 Å². The Kier molecular flexibility index (Phi) is 6.96. The fraction of sp³-hybridized carbons (Fsp3) is 0.421. The van der Waals surface area contributed by atoms with Crippen molar-refractivity contribution in [3.63, 3.8) is 0 Å². The SMILES string of the molecule is CC[NH+](CC)CC(C)CN1c2ccccc2Sc2cccnc21.[Cl-]. The van der Waals surface area contributed by atoms with E-state index in [4.69, 9.17) is 0 Å². The molecule has 2 aromatic rings. The lowest BCUT2D eigenvalue weighted by atomic mass is 10.1. The standard InChI is InChI=1S/C19H25N3S.ClH/c1-4-21(5-2)13-15(3)14-22-16-9-6-7-10-17(16)23-18-11-8-12-20-19(18)22;/h6-12,15H,4-5,13-14H2,1-3H3;1H. The number of hydrogen-bond acceptors (Lipinski definition) is 3. The van der Waals surface area contributed by atoms with Gasteiger partial charge in [-0.25, -0.2) is 4.98 Å². The number of halogens is 1. The second kappa shape index (κ2) is 8.75. The maximum Gasteiger partial charge on any atom is 0.147 e. The monoisotopic (exact) mass is 363 g/mol. The van der Waals surface area contributed by atoms with Crippen LogP contribution in [-0.4, -0.2) is 31.2 Å². The molecule has 0 fully saturated rings. The predicted octanol–water partition coefficient (Wildman–Crippen LogP) is 0.249. The minimum Gasteiger partial charge on any atom is -1.00 e. The van der Waals surface area contributed by atoms with Crippen LogP contribution in [0.1, 0.15) is 20.8 Å². The number of fused-ring (bicyclic) bond motifs is 2. The summed E-state index contributed by atoms with van der Waals surface area (Å²) in [6.07, 6.45) is 1.90. The molecule has 0 amide bonds. The van der Waals surface area contributed by atoms with Crippen LogP contribution in [0.2, 0.25) is 0 Å². The van der Waals surface area contributed by atoms with Crippen molar-refractivity contribution >= 4 is 23.3 Å². The van der Waals surface area contributed by atoms with Crippen LogP contribution in [0.25, 0.3) is 0 Å². The van der Waals surface area contributed by atoms with E-state index in [1.807, 2.05) is 24.0 Å². The Morgan fingerprint density at radius 1 is 1.08 bits per heavy atom. The van der Waals surface area contributed by atoms with Crippen molar-refractivity contribution in [2.45, 2.75) is 30.6 Å². The van der Waals surface area contributed by atoms with E-state index in [9.17, 15) is 0 Å². The van der Waals surface area contributed by atoms with E-state index in [1.54, 1.807) is 4.90 Å². The molecule has 2 heterocycles. The summed E-state index contributed by atoms with van der Waals surface area (Å²) in [5, 5.41) is 0. The number of para-hydroxylation sites is 1. The lowest BCUT2D eigenvalue weighted by molar-refractivity contribution is -0.899. The lowest BCUT2D eigenvalue weighted by Gasteiger charge is -2.33. The highest BCUT2D eigenvalue weighted by Gasteiger charge is 2.26. The molecule has 1 aliphatic heterocycles. The number of aromatic nitrogens is 1. The van der Waals surface area contributed by atoms with E-state index in [2.05, 4.69) is 61.0 Å². The highest BCUT2D eigenvalue weighted by atomic mass is 35.5. The fourth-order valence-corrected chi connectivity index (χ4v) is 4.32. The molecule has 0 radical (unpaired) electrons. The third kappa shape index (κ3) is 4.05. The highest BCUT2D eigenvalue weighted by molar-refractivity contribution is 7.99. The normalized spacial score (nSPS) is 13.9. The topological polar surface area (TPSA) is 20.6 Å². The maximum absolute atomic E-state index is 4.67. The van der Waals surface area contributed by atoms with Crippen LogP contribution in [0.15, 0.2) is 52.4 Å². The average molecular weight is 364 g/mol. The van der Waals surface area contributed by atoms with Crippen LogP contribution in [0, 0.1) is 5.92 Å². The van der Waals surface area contributed by atoms with Crippen molar-refractivity contribution in [1.82, 2.24) is 4.98 Å². The van der Waals surface area contributed by atoms with Gasteiger partial charge in [-0.3, -0.25) is 0 Å². The molecule has 1 atom stereocenters. The number of rotatable bonds is 6. The summed E-state index contributed by atoms with van der Waals surface area (Å²) in [7, 11) is 0. The van der Waals surface area contributed by atoms with Gasteiger partial charge in [0.15, 0.2) is 0 Å². The zero-order chi connectivity index (χ0) is 16.2. The first kappa shape index (κ1) is 19.1. The van der Waals surface area contributed by atoms with Gasteiger partial charge in [-0.1, -0.05) is 30.8 Å². The maximum atomic E-state index is 4.67. The van der Waals surface area contributed by atoms with Crippen LogP contribution < -0.4 is 22.2 Å². The third-order valence-electron chi connectivity index (χ3n) is 4.51. The molecule has 0 bridgehead atoms. The number of benzene rings is 1. The van der Waals surface area contributed by atoms with Gasteiger partial charge in [-0.15, -0.1) is 0 Å². The van der Waals surface area contributed by atoms with Crippen molar-refractivity contribution in [1.29, 1.82) is 0 Å². The van der Waals surface area contributed by atoms with Gasteiger partial charge >= 0.3 is 0 Å². The van der Waals surface area contributed by atoms with Gasteiger partial charge in [-0.2, -0.15) is 0 Å². The summed E-state index contributed by atoms with van der Waals surface area (Å²) in [5.41, 5.74) is 1.30. The molecule has 1 aromatic heterocycles. The van der Waals surface area contributed by atoms with E-state index in [0.29, 0.717) is 5.92 Å². The molecule has 5 heteroatoms. The Morgan fingerprint density at radius 3 is 2.54 bits per heavy atom. The molecule has 0 spiro atoms. The van der Waals surface area contributed by atoms with Crippen molar-refractivity contribution < 1.29 is 17.3 Å². The number of nitrogens with one attached hydrogen (secondary N) is 1. The molecule has 24 heavy (non-hydrogen) atoms. The minimum absolute atomic E-state index is 0. The quantitative estimate of drug-likeness (QED) is 0.794. The van der Waals surface area contributed by atoms with Crippen LogP contribution in [-0.2, 0) is 0 Å². The second-order valence-corrected chi connectivity index (χ2v) is 7.36. The van der Waals surface area contributed by atoms with E-state index < -0.39 is 0 Å². The summed E-state index contributed by atoms with van der Waals surface area (Å²) in [6.45, 7) is 11.5. The smallest absolute Gasteiger partial charge is 0.147 e. The first-order valence-electron chi connectivity index (χ1n) is 8.55. The van der Waals surface area contributed by atoms with Crippen molar-refractivity contribution in [2.75, 3.05) is 31.1 Å². The molecule has 1 aromatic carbocycles. The largest absolute Gasteiger partial charge is 1.00 e. The van der Waals surface area contributed by atoms with Crippen LogP contribution >= 0.6 is 11.8 Å². The zero-order valence-corrected chi connectivity index (χ0v) is 16.2.